The molecule has 0 radical (unpaired) electrons. The van der Waals surface area contributed by atoms with Gasteiger partial charge < -0.3 is 19.9 Å². The SMILES string of the molecule is Cc1ccc(NC(=O)COc2ccc(C(=S)N3CCN(C)CC3)cc2)cc1C. The third-order valence-corrected chi connectivity index (χ3v) is 5.55. The normalized spacial score (nSPS) is 14.6. The number of nitrogens with zero attached hydrogens (tertiary/aromatic N) is 2. The fourth-order valence-electron chi connectivity index (χ4n) is 3.05. The van der Waals surface area contributed by atoms with E-state index in [0.717, 1.165) is 48.0 Å². The topological polar surface area (TPSA) is 44.8 Å². The van der Waals surface area contributed by atoms with Crippen LogP contribution in [0.3, 0.4) is 0 Å². The quantitative estimate of drug-likeness (QED) is 0.785. The fraction of sp³-hybridized carbons (Fsp3) is 0.364. The summed E-state index contributed by atoms with van der Waals surface area (Å²) in [7, 11) is 2.13. The first-order valence-corrected chi connectivity index (χ1v) is 9.91. The van der Waals surface area contributed by atoms with Gasteiger partial charge >= 0.3 is 0 Å². The van der Waals surface area contributed by atoms with Gasteiger partial charge in [-0.3, -0.25) is 4.79 Å². The molecule has 2 aromatic carbocycles. The van der Waals surface area contributed by atoms with Crippen molar-refractivity contribution in [2.75, 3.05) is 45.2 Å². The molecule has 1 amide bonds. The van der Waals surface area contributed by atoms with Crippen LogP contribution in [0.15, 0.2) is 42.5 Å². The van der Waals surface area contributed by atoms with Gasteiger partial charge in [0.25, 0.3) is 5.91 Å². The number of amides is 1. The zero-order chi connectivity index (χ0) is 20.1. The van der Waals surface area contributed by atoms with E-state index in [1.165, 1.54) is 5.56 Å². The molecule has 1 saturated heterocycles. The number of aryl methyl sites for hydroxylation is 2. The highest BCUT2D eigenvalue weighted by atomic mass is 32.1. The Labute approximate surface area is 172 Å². The summed E-state index contributed by atoms with van der Waals surface area (Å²) >= 11 is 5.62. The minimum atomic E-state index is -0.180. The van der Waals surface area contributed by atoms with Crippen LogP contribution < -0.4 is 10.1 Å². The van der Waals surface area contributed by atoms with Crippen LogP contribution in [0.25, 0.3) is 0 Å². The van der Waals surface area contributed by atoms with Crippen molar-refractivity contribution < 1.29 is 9.53 Å². The van der Waals surface area contributed by atoms with Crippen molar-refractivity contribution in [3.05, 3.63) is 59.2 Å². The molecular formula is C22H27N3O2S. The molecule has 0 aliphatic carbocycles. The molecule has 0 unspecified atom stereocenters. The average Bonchev–Trinajstić information content (AvgIpc) is 2.70. The highest BCUT2D eigenvalue weighted by molar-refractivity contribution is 7.80. The van der Waals surface area contributed by atoms with E-state index in [4.69, 9.17) is 17.0 Å². The number of nitrogens with one attached hydrogen (secondary N) is 1. The molecule has 0 saturated carbocycles. The lowest BCUT2D eigenvalue weighted by Gasteiger charge is -2.34. The van der Waals surface area contributed by atoms with Gasteiger partial charge in [-0.25, -0.2) is 0 Å². The molecule has 2 aromatic rings. The summed E-state index contributed by atoms with van der Waals surface area (Å²) < 4.78 is 5.61. The Hall–Kier alpha value is -2.44. The second kappa shape index (κ2) is 9.17. The molecule has 0 spiro atoms. The Morgan fingerprint density at radius 2 is 1.71 bits per heavy atom. The maximum absolute atomic E-state index is 12.1. The number of carbonyl (C=O) groups is 1. The van der Waals surface area contributed by atoms with Crippen LogP contribution in [0.4, 0.5) is 5.69 Å². The monoisotopic (exact) mass is 397 g/mol. The minimum absolute atomic E-state index is 0.0326. The van der Waals surface area contributed by atoms with Crippen molar-refractivity contribution >= 4 is 28.8 Å². The molecule has 148 valence electrons. The van der Waals surface area contributed by atoms with Gasteiger partial charge in [-0.2, -0.15) is 0 Å². The summed E-state index contributed by atoms with van der Waals surface area (Å²) in [5.74, 6) is 0.473. The predicted octanol–water partition coefficient (Wildman–Crippen LogP) is 3.24. The smallest absolute Gasteiger partial charge is 0.262 e. The van der Waals surface area contributed by atoms with Gasteiger partial charge in [0.15, 0.2) is 6.61 Å². The highest BCUT2D eigenvalue weighted by Gasteiger charge is 2.17. The first kappa shape index (κ1) is 20.3. The molecule has 1 fully saturated rings. The summed E-state index contributed by atoms with van der Waals surface area (Å²) in [6.45, 7) is 7.99. The van der Waals surface area contributed by atoms with Crippen LogP contribution in [0.2, 0.25) is 0 Å². The van der Waals surface area contributed by atoms with Gasteiger partial charge in [0.05, 0.1) is 0 Å². The number of carbonyl (C=O) groups excluding carboxylic acids is 1. The van der Waals surface area contributed by atoms with Crippen LogP contribution >= 0.6 is 12.2 Å². The molecule has 0 bridgehead atoms. The number of hydrogen-bond acceptors (Lipinski definition) is 4. The molecule has 1 aliphatic heterocycles. The van der Waals surface area contributed by atoms with Crippen molar-refractivity contribution in [2.24, 2.45) is 0 Å². The Bertz CT molecular complexity index is 843. The molecule has 28 heavy (non-hydrogen) atoms. The third kappa shape index (κ3) is 5.30. The first-order valence-electron chi connectivity index (χ1n) is 9.50. The molecule has 6 heteroatoms. The molecule has 1 aliphatic rings. The number of likely N-dealkylation sites (N-methyl/N-ethyl adjacent to an activating group) is 1. The van der Waals surface area contributed by atoms with Crippen LogP contribution in [0, 0.1) is 13.8 Å². The Morgan fingerprint density at radius 1 is 1.04 bits per heavy atom. The molecule has 3 rings (SSSR count). The molecule has 1 heterocycles. The van der Waals surface area contributed by atoms with E-state index in [1.54, 1.807) is 0 Å². The Balaban J connectivity index is 1.50. The van der Waals surface area contributed by atoms with Crippen molar-refractivity contribution in [2.45, 2.75) is 13.8 Å². The summed E-state index contributed by atoms with van der Waals surface area (Å²) in [6, 6.07) is 13.5. The van der Waals surface area contributed by atoms with E-state index < -0.39 is 0 Å². The average molecular weight is 398 g/mol. The molecular weight excluding hydrogens is 370 g/mol. The van der Waals surface area contributed by atoms with Gasteiger partial charge in [-0.05, 0) is 68.4 Å². The largest absolute Gasteiger partial charge is 0.484 e. The second-order valence-corrected chi connectivity index (χ2v) is 7.64. The van der Waals surface area contributed by atoms with Crippen molar-refractivity contribution in [3.63, 3.8) is 0 Å². The molecule has 0 aromatic heterocycles. The molecule has 0 atom stereocenters. The lowest BCUT2D eigenvalue weighted by atomic mass is 10.1. The Kier molecular flexibility index (Phi) is 6.65. The fourth-order valence-corrected chi connectivity index (χ4v) is 3.37. The highest BCUT2D eigenvalue weighted by Crippen LogP contribution is 2.17. The number of piperazine rings is 1. The van der Waals surface area contributed by atoms with Crippen molar-refractivity contribution in [3.8, 4) is 5.75 Å². The standard InChI is InChI=1S/C22H27N3O2S/c1-16-4-7-19(14-17(16)2)23-21(26)15-27-20-8-5-18(6-9-20)22(28)25-12-10-24(3)11-13-25/h4-9,14H,10-13,15H2,1-3H3,(H,23,26). The van der Waals surface area contributed by atoms with Crippen molar-refractivity contribution in [1.29, 1.82) is 0 Å². The number of anilines is 1. The van der Waals surface area contributed by atoms with Gasteiger partial charge in [-0.1, -0.05) is 18.3 Å². The molecule has 1 N–H and O–H groups in total. The maximum atomic E-state index is 12.1. The predicted molar refractivity (Wildman–Crippen MR) is 117 cm³/mol. The van der Waals surface area contributed by atoms with E-state index in [0.29, 0.717) is 5.75 Å². The van der Waals surface area contributed by atoms with E-state index in [9.17, 15) is 4.79 Å². The van der Waals surface area contributed by atoms with Crippen molar-refractivity contribution in [1.82, 2.24) is 9.80 Å². The zero-order valence-electron chi connectivity index (χ0n) is 16.7. The summed E-state index contributed by atoms with van der Waals surface area (Å²) in [5.41, 5.74) is 4.13. The molecule has 5 nitrogen and oxygen atoms in total. The van der Waals surface area contributed by atoms with E-state index in [2.05, 4.69) is 22.2 Å². The number of benzene rings is 2. The zero-order valence-corrected chi connectivity index (χ0v) is 17.5. The lowest BCUT2D eigenvalue weighted by Crippen LogP contribution is -2.46. The van der Waals surface area contributed by atoms with E-state index >= 15 is 0 Å². The van der Waals surface area contributed by atoms with Gasteiger partial charge in [0.2, 0.25) is 0 Å². The number of rotatable bonds is 5. The summed E-state index contributed by atoms with van der Waals surface area (Å²) in [4.78, 5) is 17.5. The maximum Gasteiger partial charge on any atom is 0.262 e. The number of ether oxygens (including phenoxy) is 1. The van der Waals surface area contributed by atoms with E-state index in [1.807, 2.05) is 56.3 Å². The lowest BCUT2D eigenvalue weighted by molar-refractivity contribution is -0.118. The summed E-state index contributed by atoms with van der Waals surface area (Å²) in [6.07, 6.45) is 0. The van der Waals surface area contributed by atoms with Crippen LogP contribution in [-0.2, 0) is 4.79 Å². The van der Waals surface area contributed by atoms with Crippen LogP contribution in [0.1, 0.15) is 16.7 Å². The van der Waals surface area contributed by atoms with Gasteiger partial charge in [0, 0.05) is 37.4 Å². The summed E-state index contributed by atoms with van der Waals surface area (Å²) in [5, 5.41) is 2.86. The number of hydrogen-bond donors (Lipinski definition) is 1. The Morgan fingerprint density at radius 3 is 2.36 bits per heavy atom. The van der Waals surface area contributed by atoms with Gasteiger partial charge in [-0.15, -0.1) is 0 Å². The van der Waals surface area contributed by atoms with Gasteiger partial charge in [0.1, 0.15) is 10.7 Å². The third-order valence-electron chi connectivity index (χ3n) is 5.05. The van der Waals surface area contributed by atoms with Crippen LogP contribution in [0.5, 0.6) is 5.75 Å². The van der Waals surface area contributed by atoms with Crippen LogP contribution in [-0.4, -0.2) is 60.5 Å². The second-order valence-electron chi connectivity index (χ2n) is 7.26. The number of thiocarbonyl (C=S) groups is 1. The van der Waals surface area contributed by atoms with E-state index in [-0.39, 0.29) is 12.5 Å². The minimum Gasteiger partial charge on any atom is -0.484 e. The first-order chi connectivity index (χ1) is 13.4.